The molecule has 0 spiro atoms. The average molecular weight is 129 g/mol. The molecule has 1 nitrogen and oxygen atoms in total. The van der Waals surface area contributed by atoms with Crippen LogP contribution >= 0.6 is 12.2 Å². The molecule has 1 aliphatic rings. The summed E-state index contributed by atoms with van der Waals surface area (Å²) in [6.07, 6.45) is 2.30. The fraction of sp³-hybridized carbons (Fsp3) is 0.833. The molecular weight excluding hydrogens is 118 g/mol. The maximum absolute atomic E-state index is 5.33. The third kappa shape index (κ3) is 1.44. The molecule has 0 saturated heterocycles. The highest BCUT2D eigenvalue weighted by Crippen LogP contribution is 2.40. The summed E-state index contributed by atoms with van der Waals surface area (Å²) in [5.74, 6) is 1.71. The van der Waals surface area contributed by atoms with Gasteiger partial charge < -0.3 is 5.73 Å². The minimum atomic E-state index is 0.680. The van der Waals surface area contributed by atoms with Gasteiger partial charge in [-0.25, -0.2) is 0 Å². The van der Waals surface area contributed by atoms with Crippen LogP contribution in [0.25, 0.3) is 0 Å². The minimum Gasteiger partial charge on any atom is -0.393 e. The molecule has 0 aromatic heterocycles. The summed E-state index contributed by atoms with van der Waals surface area (Å²) >= 11 is 4.74. The van der Waals surface area contributed by atoms with Crippen molar-refractivity contribution in [1.82, 2.24) is 0 Å². The molecular formula is C6H11NS. The lowest BCUT2D eigenvalue weighted by atomic mass is 10.2. The van der Waals surface area contributed by atoms with Crippen LogP contribution in [-0.2, 0) is 0 Å². The maximum atomic E-state index is 5.33. The number of rotatable bonds is 2. The lowest BCUT2D eigenvalue weighted by Gasteiger charge is -1.90. The second-order valence-electron chi connectivity index (χ2n) is 2.64. The number of hydrogen-bond donors (Lipinski definition) is 1. The Hall–Kier alpha value is -0.110. The molecule has 2 unspecified atom stereocenters. The van der Waals surface area contributed by atoms with E-state index in [0.717, 1.165) is 18.3 Å². The quantitative estimate of drug-likeness (QED) is 0.569. The van der Waals surface area contributed by atoms with Gasteiger partial charge in [-0.3, -0.25) is 0 Å². The van der Waals surface area contributed by atoms with Crippen LogP contribution in [0.3, 0.4) is 0 Å². The van der Waals surface area contributed by atoms with Gasteiger partial charge >= 0.3 is 0 Å². The molecule has 1 rings (SSSR count). The fourth-order valence-corrected chi connectivity index (χ4v) is 1.16. The van der Waals surface area contributed by atoms with Gasteiger partial charge in [-0.1, -0.05) is 19.1 Å². The van der Waals surface area contributed by atoms with Crippen molar-refractivity contribution in [2.75, 3.05) is 0 Å². The second kappa shape index (κ2) is 2.02. The molecule has 0 radical (unpaired) electrons. The molecule has 1 aliphatic carbocycles. The van der Waals surface area contributed by atoms with Crippen LogP contribution in [-0.4, -0.2) is 4.99 Å². The predicted molar refractivity (Wildman–Crippen MR) is 38.7 cm³/mol. The van der Waals surface area contributed by atoms with Gasteiger partial charge in [-0.05, 0) is 18.3 Å². The summed E-state index contributed by atoms with van der Waals surface area (Å²) in [5.41, 5.74) is 5.33. The van der Waals surface area contributed by atoms with E-state index in [2.05, 4.69) is 6.92 Å². The van der Waals surface area contributed by atoms with Crippen LogP contribution in [0.4, 0.5) is 0 Å². The Balaban J connectivity index is 2.14. The molecule has 2 heteroatoms. The number of hydrogen-bond acceptors (Lipinski definition) is 1. The van der Waals surface area contributed by atoms with Gasteiger partial charge in [-0.2, -0.15) is 0 Å². The Kier molecular flexibility index (Phi) is 1.52. The van der Waals surface area contributed by atoms with Crippen molar-refractivity contribution in [3.05, 3.63) is 0 Å². The zero-order valence-corrected chi connectivity index (χ0v) is 5.87. The molecule has 0 bridgehead atoms. The Morgan fingerprint density at radius 1 is 1.88 bits per heavy atom. The monoisotopic (exact) mass is 129 g/mol. The lowest BCUT2D eigenvalue weighted by molar-refractivity contribution is 0.788. The van der Waals surface area contributed by atoms with E-state index in [1.165, 1.54) is 6.42 Å². The largest absolute Gasteiger partial charge is 0.393 e. The normalized spacial score (nSPS) is 34.6. The van der Waals surface area contributed by atoms with Gasteiger partial charge in [-0.15, -0.1) is 0 Å². The third-order valence-electron chi connectivity index (χ3n) is 1.74. The highest BCUT2D eigenvalue weighted by molar-refractivity contribution is 7.80. The average Bonchev–Trinajstić information content (AvgIpc) is 2.17. The van der Waals surface area contributed by atoms with Crippen LogP contribution in [0.1, 0.15) is 19.8 Å². The van der Waals surface area contributed by atoms with Gasteiger partial charge in [0, 0.05) is 6.42 Å². The number of nitrogens with two attached hydrogens (primary N) is 1. The van der Waals surface area contributed by atoms with Crippen LogP contribution in [0.2, 0.25) is 0 Å². The third-order valence-corrected chi connectivity index (χ3v) is 1.91. The maximum Gasteiger partial charge on any atom is 0.0730 e. The van der Waals surface area contributed by atoms with Gasteiger partial charge in [0.05, 0.1) is 4.99 Å². The van der Waals surface area contributed by atoms with Crippen LogP contribution in [0, 0.1) is 11.8 Å². The summed E-state index contributed by atoms with van der Waals surface area (Å²) < 4.78 is 0. The lowest BCUT2D eigenvalue weighted by Crippen LogP contribution is -2.08. The molecule has 8 heavy (non-hydrogen) atoms. The van der Waals surface area contributed by atoms with E-state index >= 15 is 0 Å². The van der Waals surface area contributed by atoms with Gasteiger partial charge in [0.25, 0.3) is 0 Å². The standard InChI is InChI=1S/C6H11NS/c1-4-2-5(4)3-6(7)8/h4-5H,2-3H2,1H3,(H2,7,8). The molecule has 0 aliphatic heterocycles. The number of thiocarbonyl (C=S) groups is 1. The van der Waals surface area contributed by atoms with Gasteiger partial charge in [0.15, 0.2) is 0 Å². The van der Waals surface area contributed by atoms with E-state index < -0.39 is 0 Å². The topological polar surface area (TPSA) is 26.0 Å². The molecule has 1 fully saturated rings. The van der Waals surface area contributed by atoms with Crippen LogP contribution in [0.15, 0.2) is 0 Å². The molecule has 2 N–H and O–H groups in total. The van der Waals surface area contributed by atoms with Crippen molar-refractivity contribution in [3.8, 4) is 0 Å². The van der Waals surface area contributed by atoms with Crippen LogP contribution in [0.5, 0.6) is 0 Å². The van der Waals surface area contributed by atoms with Crippen molar-refractivity contribution >= 4 is 17.2 Å². The summed E-state index contributed by atoms with van der Waals surface area (Å²) in [4.78, 5) is 0.680. The minimum absolute atomic E-state index is 0.680. The first kappa shape index (κ1) is 6.02. The Morgan fingerprint density at radius 3 is 2.50 bits per heavy atom. The SMILES string of the molecule is CC1CC1CC(N)=S. The van der Waals surface area contributed by atoms with E-state index in [1.807, 2.05) is 0 Å². The van der Waals surface area contributed by atoms with E-state index in [0.29, 0.717) is 4.99 Å². The smallest absolute Gasteiger partial charge is 0.0730 e. The van der Waals surface area contributed by atoms with E-state index in [1.54, 1.807) is 0 Å². The Labute approximate surface area is 55.3 Å². The molecule has 46 valence electrons. The first-order valence-corrected chi connectivity index (χ1v) is 3.39. The zero-order valence-electron chi connectivity index (χ0n) is 5.05. The highest BCUT2D eigenvalue weighted by Gasteiger charge is 2.32. The summed E-state index contributed by atoms with van der Waals surface area (Å²) in [5, 5.41) is 0. The van der Waals surface area contributed by atoms with E-state index in [9.17, 15) is 0 Å². The van der Waals surface area contributed by atoms with Crippen LogP contribution < -0.4 is 5.73 Å². The molecule has 1 saturated carbocycles. The second-order valence-corrected chi connectivity index (χ2v) is 3.17. The van der Waals surface area contributed by atoms with Crippen molar-refractivity contribution in [3.63, 3.8) is 0 Å². The summed E-state index contributed by atoms with van der Waals surface area (Å²) in [7, 11) is 0. The first-order valence-electron chi connectivity index (χ1n) is 2.98. The predicted octanol–water partition coefficient (Wildman–Crippen LogP) is 1.32. The fourth-order valence-electron chi connectivity index (χ4n) is 0.942. The molecule has 0 aromatic rings. The zero-order chi connectivity index (χ0) is 6.15. The van der Waals surface area contributed by atoms with E-state index in [4.69, 9.17) is 18.0 Å². The molecule has 0 amide bonds. The van der Waals surface area contributed by atoms with Gasteiger partial charge in [0.1, 0.15) is 0 Å². The van der Waals surface area contributed by atoms with E-state index in [-0.39, 0.29) is 0 Å². The van der Waals surface area contributed by atoms with Crippen molar-refractivity contribution in [2.45, 2.75) is 19.8 Å². The Morgan fingerprint density at radius 2 is 2.38 bits per heavy atom. The summed E-state index contributed by atoms with van der Waals surface area (Å²) in [6, 6.07) is 0. The van der Waals surface area contributed by atoms with Crippen molar-refractivity contribution in [2.24, 2.45) is 17.6 Å². The highest BCUT2D eigenvalue weighted by atomic mass is 32.1. The molecule has 0 heterocycles. The Bertz CT molecular complexity index is 111. The molecule has 0 aromatic carbocycles. The van der Waals surface area contributed by atoms with Crippen molar-refractivity contribution in [1.29, 1.82) is 0 Å². The first-order chi connectivity index (χ1) is 3.70. The molecule has 2 atom stereocenters. The van der Waals surface area contributed by atoms with Crippen molar-refractivity contribution < 1.29 is 0 Å². The summed E-state index contributed by atoms with van der Waals surface area (Å²) in [6.45, 7) is 2.24. The van der Waals surface area contributed by atoms with Gasteiger partial charge in [0.2, 0.25) is 0 Å².